The fourth-order valence-corrected chi connectivity index (χ4v) is 4.40. The summed E-state index contributed by atoms with van der Waals surface area (Å²) in [6.07, 6.45) is 3.14. The van der Waals surface area contributed by atoms with Crippen LogP contribution in [0.2, 0.25) is 0 Å². The van der Waals surface area contributed by atoms with E-state index >= 15 is 0 Å². The number of hydrogen-bond donors (Lipinski definition) is 1. The van der Waals surface area contributed by atoms with E-state index in [4.69, 9.17) is 4.42 Å². The number of nitrogens with one attached hydrogen (secondary N) is 1. The number of benzene rings is 1. The van der Waals surface area contributed by atoms with Crippen molar-refractivity contribution in [1.29, 1.82) is 0 Å². The average Bonchev–Trinajstić information content (AvgIpc) is 3.28. The highest BCUT2D eigenvalue weighted by molar-refractivity contribution is 7.89. The van der Waals surface area contributed by atoms with Gasteiger partial charge in [-0.25, -0.2) is 8.42 Å². The van der Waals surface area contributed by atoms with E-state index in [1.807, 2.05) is 0 Å². The second kappa shape index (κ2) is 6.85. The van der Waals surface area contributed by atoms with Crippen molar-refractivity contribution in [2.75, 3.05) is 18.4 Å². The molecule has 1 aliphatic heterocycles. The predicted octanol–water partition coefficient (Wildman–Crippen LogP) is 3.15. The van der Waals surface area contributed by atoms with Crippen LogP contribution < -0.4 is 5.32 Å². The molecule has 1 saturated heterocycles. The SMILES string of the molecule is C[C@@H](Nc1ccc(S(=O)(=O)N2CCCC2)cc1[N+](=O)[O-])c1ccco1. The van der Waals surface area contributed by atoms with Gasteiger partial charge in [0.15, 0.2) is 0 Å². The van der Waals surface area contributed by atoms with Gasteiger partial charge in [-0.3, -0.25) is 10.1 Å². The first kappa shape index (κ1) is 17.4. The molecule has 1 atom stereocenters. The zero-order valence-corrected chi connectivity index (χ0v) is 14.5. The Kier molecular flexibility index (Phi) is 4.78. The largest absolute Gasteiger partial charge is 0.467 e. The molecule has 1 N–H and O–H groups in total. The van der Waals surface area contributed by atoms with Gasteiger partial charge in [0.1, 0.15) is 11.4 Å². The smallest absolute Gasteiger partial charge is 0.293 e. The van der Waals surface area contributed by atoms with Crippen LogP contribution in [0.15, 0.2) is 45.9 Å². The van der Waals surface area contributed by atoms with E-state index in [0.717, 1.165) is 18.9 Å². The molecule has 9 heteroatoms. The molecular formula is C16H19N3O5S. The van der Waals surface area contributed by atoms with Crippen molar-refractivity contribution < 1.29 is 17.8 Å². The first-order valence-corrected chi connectivity index (χ1v) is 9.42. The maximum atomic E-state index is 12.6. The molecule has 0 bridgehead atoms. The van der Waals surface area contributed by atoms with Crippen molar-refractivity contribution >= 4 is 21.4 Å². The summed E-state index contributed by atoms with van der Waals surface area (Å²) in [4.78, 5) is 10.8. The lowest BCUT2D eigenvalue weighted by Gasteiger charge is -2.17. The molecule has 2 aromatic rings. The van der Waals surface area contributed by atoms with Gasteiger partial charge in [-0.1, -0.05) is 0 Å². The third-order valence-electron chi connectivity index (χ3n) is 4.21. The minimum absolute atomic E-state index is 0.0581. The van der Waals surface area contributed by atoms with Crippen LogP contribution in [0.5, 0.6) is 0 Å². The minimum atomic E-state index is -3.70. The second-order valence-electron chi connectivity index (χ2n) is 5.93. The second-order valence-corrected chi connectivity index (χ2v) is 7.87. The topological polar surface area (TPSA) is 106 Å². The van der Waals surface area contributed by atoms with Crippen LogP contribution in [0.4, 0.5) is 11.4 Å². The van der Waals surface area contributed by atoms with Crippen molar-refractivity contribution in [3.8, 4) is 0 Å². The number of sulfonamides is 1. The van der Waals surface area contributed by atoms with Crippen molar-refractivity contribution in [3.05, 3.63) is 52.5 Å². The van der Waals surface area contributed by atoms with Crippen molar-refractivity contribution in [1.82, 2.24) is 4.31 Å². The van der Waals surface area contributed by atoms with Crippen LogP contribution in [0.1, 0.15) is 31.6 Å². The standard InChI is InChI=1S/C16H19N3O5S/c1-12(16-5-4-10-24-16)17-14-7-6-13(11-15(14)19(20)21)25(22,23)18-8-2-3-9-18/h4-7,10-12,17H,2-3,8-9H2,1H3/t12-/m1/s1. The van der Waals surface area contributed by atoms with Crippen LogP contribution >= 0.6 is 0 Å². The van der Waals surface area contributed by atoms with Gasteiger partial charge in [-0.2, -0.15) is 4.31 Å². The lowest BCUT2D eigenvalue weighted by molar-refractivity contribution is -0.384. The Labute approximate surface area is 145 Å². The van der Waals surface area contributed by atoms with E-state index < -0.39 is 14.9 Å². The number of furan rings is 1. The summed E-state index contributed by atoms with van der Waals surface area (Å²) in [5.74, 6) is 0.628. The average molecular weight is 365 g/mol. The molecule has 2 heterocycles. The molecule has 0 unspecified atom stereocenters. The van der Waals surface area contributed by atoms with Gasteiger partial charge in [0, 0.05) is 19.2 Å². The summed E-state index contributed by atoms with van der Waals surface area (Å²) in [6.45, 7) is 2.70. The summed E-state index contributed by atoms with van der Waals surface area (Å²) in [6, 6.07) is 7.14. The number of anilines is 1. The predicted molar refractivity (Wildman–Crippen MR) is 91.8 cm³/mol. The highest BCUT2D eigenvalue weighted by Gasteiger charge is 2.29. The molecule has 134 valence electrons. The highest BCUT2D eigenvalue weighted by atomic mass is 32.2. The van der Waals surface area contributed by atoms with Gasteiger partial charge in [-0.15, -0.1) is 0 Å². The zero-order valence-electron chi connectivity index (χ0n) is 13.7. The number of rotatable bonds is 6. The summed E-state index contributed by atoms with van der Waals surface area (Å²) in [5.41, 5.74) is -0.0343. The lowest BCUT2D eigenvalue weighted by atomic mass is 10.2. The summed E-state index contributed by atoms with van der Waals surface area (Å²) in [5, 5.41) is 14.4. The molecule has 0 amide bonds. The van der Waals surface area contributed by atoms with Crippen LogP contribution in [0.3, 0.4) is 0 Å². The molecule has 3 rings (SSSR count). The molecule has 0 aliphatic carbocycles. The van der Waals surface area contributed by atoms with Crippen LogP contribution in [-0.2, 0) is 10.0 Å². The van der Waals surface area contributed by atoms with Gasteiger partial charge < -0.3 is 9.73 Å². The fourth-order valence-electron chi connectivity index (χ4n) is 2.86. The lowest BCUT2D eigenvalue weighted by Crippen LogP contribution is -2.27. The van der Waals surface area contributed by atoms with Crippen molar-refractivity contribution in [2.24, 2.45) is 0 Å². The maximum Gasteiger partial charge on any atom is 0.293 e. The summed E-state index contributed by atoms with van der Waals surface area (Å²) in [7, 11) is -3.70. The third-order valence-corrected chi connectivity index (χ3v) is 6.11. The number of nitro groups is 1. The first-order valence-electron chi connectivity index (χ1n) is 7.98. The molecule has 0 saturated carbocycles. The maximum absolute atomic E-state index is 12.6. The molecule has 0 radical (unpaired) electrons. The van der Waals surface area contributed by atoms with Crippen molar-refractivity contribution in [2.45, 2.75) is 30.7 Å². The van der Waals surface area contributed by atoms with E-state index in [-0.39, 0.29) is 22.3 Å². The van der Waals surface area contributed by atoms with Crippen molar-refractivity contribution in [3.63, 3.8) is 0 Å². The van der Waals surface area contributed by atoms with Crippen LogP contribution in [0.25, 0.3) is 0 Å². The van der Waals surface area contributed by atoms with Gasteiger partial charge in [0.05, 0.1) is 22.1 Å². The molecule has 1 fully saturated rings. The Morgan fingerprint density at radius 1 is 1.28 bits per heavy atom. The number of nitro benzene ring substituents is 1. The molecule has 1 aliphatic rings. The van der Waals surface area contributed by atoms with Gasteiger partial charge >= 0.3 is 0 Å². The van der Waals surface area contributed by atoms with E-state index in [9.17, 15) is 18.5 Å². The minimum Gasteiger partial charge on any atom is -0.467 e. The molecule has 1 aromatic carbocycles. The number of nitrogens with zero attached hydrogens (tertiary/aromatic N) is 2. The van der Waals surface area contributed by atoms with Gasteiger partial charge in [0.2, 0.25) is 10.0 Å². The fraction of sp³-hybridized carbons (Fsp3) is 0.375. The third kappa shape index (κ3) is 3.52. The molecule has 25 heavy (non-hydrogen) atoms. The van der Waals surface area contributed by atoms with E-state index in [2.05, 4.69) is 5.32 Å². The summed E-state index contributed by atoms with van der Waals surface area (Å²) < 4.78 is 31.8. The van der Waals surface area contributed by atoms with Gasteiger partial charge in [-0.05, 0) is 44.0 Å². The highest BCUT2D eigenvalue weighted by Crippen LogP contribution is 2.32. The monoisotopic (exact) mass is 365 g/mol. The van der Waals surface area contributed by atoms with E-state index in [0.29, 0.717) is 18.8 Å². The summed E-state index contributed by atoms with van der Waals surface area (Å²) >= 11 is 0. The quantitative estimate of drug-likeness (QED) is 0.623. The normalized spacial score (nSPS) is 16.7. The Hall–Kier alpha value is -2.39. The molecule has 1 aromatic heterocycles. The van der Waals surface area contributed by atoms with Gasteiger partial charge in [0.25, 0.3) is 5.69 Å². The number of hydrogen-bond acceptors (Lipinski definition) is 6. The van der Waals surface area contributed by atoms with E-state index in [1.165, 1.54) is 22.7 Å². The van der Waals surface area contributed by atoms with Crippen LogP contribution in [0, 0.1) is 10.1 Å². The Morgan fingerprint density at radius 2 is 2.00 bits per heavy atom. The van der Waals surface area contributed by atoms with Crippen LogP contribution in [-0.4, -0.2) is 30.7 Å². The molecule has 0 spiro atoms. The Bertz CT molecular complexity index is 858. The molecular weight excluding hydrogens is 346 g/mol. The Morgan fingerprint density at radius 3 is 2.60 bits per heavy atom. The zero-order chi connectivity index (χ0) is 18.0. The first-order chi connectivity index (χ1) is 11.9. The van der Waals surface area contributed by atoms with E-state index in [1.54, 1.807) is 19.1 Å². The Balaban J connectivity index is 1.92. The molecule has 8 nitrogen and oxygen atoms in total.